The van der Waals surface area contributed by atoms with Crippen LogP contribution in [0.25, 0.3) is 16.6 Å². The number of nitrogens with zero attached hydrogens (tertiary/aromatic N) is 2. The van der Waals surface area contributed by atoms with E-state index in [1.807, 2.05) is 61.5 Å². The van der Waals surface area contributed by atoms with Crippen molar-refractivity contribution in [3.63, 3.8) is 0 Å². The highest BCUT2D eigenvalue weighted by molar-refractivity contribution is 9.10. The van der Waals surface area contributed by atoms with Gasteiger partial charge in [-0.25, -0.2) is 13.4 Å². The predicted molar refractivity (Wildman–Crippen MR) is 141 cm³/mol. The normalized spacial score (nSPS) is 16.2. The summed E-state index contributed by atoms with van der Waals surface area (Å²) in [5, 5.41) is 1.05. The maximum atomic E-state index is 13.7. The summed E-state index contributed by atoms with van der Waals surface area (Å²) in [5.41, 5.74) is 5.84. The number of hydrogen-bond donors (Lipinski definition) is 1. The van der Waals surface area contributed by atoms with Crippen LogP contribution >= 0.6 is 27.5 Å². The van der Waals surface area contributed by atoms with E-state index in [4.69, 9.17) is 16.3 Å². The van der Waals surface area contributed by atoms with Crippen molar-refractivity contribution in [3.05, 3.63) is 106 Å². The van der Waals surface area contributed by atoms with Crippen LogP contribution in [0.3, 0.4) is 0 Å². The highest BCUT2D eigenvalue weighted by Crippen LogP contribution is 2.39. The minimum Gasteiger partial charge on any atom is -0.494 e. The van der Waals surface area contributed by atoms with Gasteiger partial charge in [-0.1, -0.05) is 57.9 Å². The predicted octanol–water partition coefficient (Wildman–Crippen LogP) is 6.34. The third kappa shape index (κ3) is 4.67. The second-order valence-corrected chi connectivity index (χ2v) is 11.0. The fraction of sp³-hybridized carbons (Fsp3) is 0.115. The molecule has 1 N–H and O–H groups in total. The van der Waals surface area contributed by atoms with Crippen LogP contribution in [-0.4, -0.2) is 24.4 Å². The van der Waals surface area contributed by atoms with Crippen molar-refractivity contribution in [1.29, 1.82) is 0 Å². The smallest absolute Gasteiger partial charge is 0.260 e. The number of sulfonamides is 1. The average Bonchev–Trinajstić information content (AvgIpc) is 3.31. The molecule has 3 aromatic carbocycles. The SMILES string of the molecule is CCOc1ccc2cc([C@@H]3C=C(c4ccc(Br)cc4)NN3S(=O)(=O)c3ccccc3)c(Cl)nc2c1. The van der Waals surface area contributed by atoms with E-state index in [1.54, 1.807) is 30.3 Å². The zero-order valence-corrected chi connectivity index (χ0v) is 21.8. The molecule has 1 aliphatic heterocycles. The van der Waals surface area contributed by atoms with Crippen molar-refractivity contribution in [2.24, 2.45) is 0 Å². The Morgan fingerprint density at radius 3 is 2.51 bits per heavy atom. The van der Waals surface area contributed by atoms with Gasteiger partial charge in [0.2, 0.25) is 0 Å². The molecule has 0 aliphatic carbocycles. The van der Waals surface area contributed by atoms with Crippen LogP contribution in [-0.2, 0) is 10.0 Å². The van der Waals surface area contributed by atoms with Crippen LogP contribution < -0.4 is 10.2 Å². The summed E-state index contributed by atoms with van der Waals surface area (Å²) in [6, 6.07) is 22.7. The number of halogens is 2. The van der Waals surface area contributed by atoms with Gasteiger partial charge in [-0.05, 0) is 61.0 Å². The number of ether oxygens (including phenoxy) is 1. The molecule has 0 amide bonds. The first-order valence-corrected chi connectivity index (χ1v) is 13.5. The van der Waals surface area contributed by atoms with E-state index in [9.17, 15) is 8.42 Å². The van der Waals surface area contributed by atoms with Crippen LogP contribution in [0.5, 0.6) is 5.75 Å². The van der Waals surface area contributed by atoms with Crippen molar-refractivity contribution in [2.75, 3.05) is 6.61 Å². The quantitative estimate of drug-likeness (QED) is 0.274. The van der Waals surface area contributed by atoms with Crippen molar-refractivity contribution < 1.29 is 13.2 Å². The van der Waals surface area contributed by atoms with E-state index >= 15 is 0 Å². The molecule has 1 aromatic heterocycles. The summed E-state index contributed by atoms with van der Waals surface area (Å²) in [6.45, 7) is 2.46. The Hall–Kier alpha value is -2.91. The molecule has 0 fully saturated rings. The molecule has 0 unspecified atom stereocenters. The number of nitrogens with one attached hydrogen (secondary N) is 1. The maximum absolute atomic E-state index is 13.7. The topological polar surface area (TPSA) is 71.5 Å². The molecule has 1 atom stereocenters. The van der Waals surface area contributed by atoms with Gasteiger partial charge in [-0.2, -0.15) is 0 Å². The Labute approximate surface area is 217 Å². The van der Waals surface area contributed by atoms with Gasteiger partial charge in [-0.3, -0.25) is 0 Å². The van der Waals surface area contributed by atoms with Gasteiger partial charge in [-0.15, -0.1) is 4.41 Å². The van der Waals surface area contributed by atoms with Crippen LogP contribution in [0.15, 0.2) is 94.3 Å². The van der Waals surface area contributed by atoms with Crippen molar-refractivity contribution in [1.82, 2.24) is 14.8 Å². The molecule has 0 spiro atoms. The zero-order chi connectivity index (χ0) is 24.6. The van der Waals surface area contributed by atoms with Gasteiger partial charge in [0.1, 0.15) is 10.9 Å². The summed E-state index contributed by atoms with van der Waals surface area (Å²) < 4.78 is 35.1. The summed E-state index contributed by atoms with van der Waals surface area (Å²) in [4.78, 5) is 4.74. The number of benzene rings is 3. The second-order valence-electron chi connectivity index (χ2n) is 7.91. The molecule has 0 bridgehead atoms. The van der Waals surface area contributed by atoms with E-state index < -0.39 is 16.1 Å². The molecular formula is C26H21BrClN3O3S. The Balaban J connectivity index is 1.63. The zero-order valence-electron chi connectivity index (χ0n) is 18.7. The average molecular weight is 571 g/mol. The number of rotatable bonds is 6. The van der Waals surface area contributed by atoms with Gasteiger partial charge in [0.05, 0.1) is 28.8 Å². The third-order valence-corrected chi connectivity index (χ3v) is 8.20. The standard InChI is InChI=1S/C26H21BrClN3O3S/c1-2-34-20-13-10-18-14-22(26(28)29-23(18)15-20)25-16-24(17-8-11-19(27)12-9-17)30-31(25)35(32,33)21-6-4-3-5-7-21/h3-16,25,30H,2H2,1H3/t25-/m0/s1. The first-order chi connectivity index (χ1) is 16.9. The molecule has 35 heavy (non-hydrogen) atoms. The van der Waals surface area contributed by atoms with Gasteiger partial charge in [0.15, 0.2) is 0 Å². The van der Waals surface area contributed by atoms with E-state index in [0.29, 0.717) is 29.1 Å². The Morgan fingerprint density at radius 1 is 1.06 bits per heavy atom. The van der Waals surface area contributed by atoms with Gasteiger partial charge in [0.25, 0.3) is 10.0 Å². The molecule has 4 aromatic rings. The Morgan fingerprint density at radius 2 is 1.80 bits per heavy atom. The molecule has 1 aliphatic rings. The van der Waals surface area contributed by atoms with Crippen LogP contribution in [0.2, 0.25) is 5.15 Å². The minimum atomic E-state index is -3.91. The fourth-order valence-electron chi connectivity index (χ4n) is 3.98. The summed E-state index contributed by atoms with van der Waals surface area (Å²) >= 11 is 10.1. The van der Waals surface area contributed by atoms with E-state index in [2.05, 4.69) is 26.3 Å². The maximum Gasteiger partial charge on any atom is 0.260 e. The van der Waals surface area contributed by atoms with E-state index in [-0.39, 0.29) is 10.0 Å². The van der Waals surface area contributed by atoms with E-state index in [1.165, 1.54) is 4.41 Å². The molecule has 0 radical (unpaired) electrons. The van der Waals surface area contributed by atoms with Crippen molar-refractivity contribution in [2.45, 2.75) is 17.9 Å². The molecule has 2 heterocycles. The number of pyridine rings is 1. The minimum absolute atomic E-state index is 0.175. The van der Waals surface area contributed by atoms with Gasteiger partial charge >= 0.3 is 0 Å². The third-order valence-electron chi connectivity index (χ3n) is 5.66. The van der Waals surface area contributed by atoms with Crippen molar-refractivity contribution in [3.8, 4) is 5.75 Å². The van der Waals surface area contributed by atoms with Gasteiger partial charge in [0, 0.05) is 21.5 Å². The Kier molecular flexibility index (Phi) is 6.55. The molecule has 5 rings (SSSR count). The summed E-state index contributed by atoms with van der Waals surface area (Å²) in [7, 11) is -3.91. The molecule has 9 heteroatoms. The number of fused-ring (bicyclic) bond motifs is 1. The first kappa shape index (κ1) is 23.8. The molecular weight excluding hydrogens is 550 g/mol. The molecule has 178 valence electrons. The fourth-order valence-corrected chi connectivity index (χ4v) is 5.92. The summed E-state index contributed by atoms with van der Waals surface area (Å²) in [5.74, 6) is 0.699. The number of aromatic nitrogens is 1. The lowest BCUT2D eigenvalue weighted by atomic mass is 10.0. The largest absolute Gasteiger partial charge is 0.494 e. The Bertz CT molecular complexity index is 1530. The number of hydrogen-bond acceptors (Lipinski definition) is 5. The molecule has 0 saturated carbocycles. The molecule has 6 nitrogen and oxygen atoms in total. The first-order valence-electron chi connectivity index (χ1n) is 10.9. The number of hydrazine groups is 1. The van der Waals surface area contributed by atoms with Gasteiger partial charge < -0.3 is 10.2 Å². The van der Waals surface area contributed by atoms with Crippen LogP contribution in [0, 0.1) is 0 Å². The lowest BCUT2D eigenvalue weighted by Gasteiger charge is -2.25. The monoisotopic (exact) mass is 569 g/mol. The lowest BCUT2D eigenvalue weighted by molar-refractivity contribution is 0.340. The lowest BCUT2D eigenvalue weighted by Crippen LogP contribution is -2.39. The van der Waals surface area contributed by atoms with Crippen LogP contribution in [0.1, 0.15) is 24.1 Å². The van der Waals surface area contributed by atoms with E-state index in [0.717, 1.165) is 15.4 Å². The molecule has 0 saturated heterocycles. The van der Waals surface area contributed by atoms with Crippen LogP contribution in [0.4, 0.5) is 0 Å². The highest BCUT2D eigenvalue weighted by atomic mass is 79.9. The summed E-state index contributed by atoms with van der Waals surface area (Å²) in [6.07, 6.45) is 1.85. The van der Waals surface area contributed by atoms with Crippen molar-refractivity contribution >= 4 is 54.2 Å². The second kappa shape index (κ2) is 9.62. The highest BCUT2D eigenvalue weighted by Gasteiger charge is 2.38.